The lowest BCUT2D eigenvalue weighted by atomic mass is 10.00. The minimum absolute atomic E-state index is 0.103. The zero-order valence-electron chi connectivity index (χ0n) is 56.3. The molecule has 0 aromatic heterocycles. The van der Waals surface area contributed by atoms with E-state index in [0.717, 1.165) is 102 Å². The van der Waals surface area contributed by atoms with E-state index in [4.69, 9.17) is 37.0 Å². The molecule has 87 heavy (non-hydrogen) atoms. The van der Waals surface area contributed by atoms with E-state index in [1.165, 1.54) is 161 Å². The molecule has 0 fully saturated rings. The van der Waals surface area contributed by atoms with Crippen LogP contribution < -0.4 is 0 Å². The van der Waals surface area contributed by atoms with E-state index in [1.807, 2.05) is 0 Å². The maximum atomic E-state index is 13.0. The van der Waals surface area contributed by atoms with Gasteiger partial charge in [-0.1, -0.05) is 292 Å². The predicted octanol–water partition coefficient (Wildman–Crippen LogP) is 19.2. The van der Waals surface area contributed by atoms with Gasteiger partial charge in [-0.2, -0.15) is 0 Å². The first kappa shape index (κ1) is 85.1. The van der Waals surface area contributed by atoms with Crippen LogP contribution in [-0.2, 0) is 65.4 Å². The van der Waals surface area contributed by atoms with E-state index in [9.17, 15) is 43.2 Å². The van der Waals surface area contributed by atoms with Crippen LogP contribution in [0.1, 0.15) is 343 Å². The van der Waals surface area contributed by atoms with Gasteiger partial charge in [0.1, 0.15) is 19.3 Å². The van der Waals surface area contributed by atoms with Gasteiger partial charge < -0.3 is 33.8 Å². The highest BCUT2D eigenvalue weighted by Crippen LogP contribution is 2.45. The van der Waals surface area contributed by atoms with Crippen LogP contribution in [0.2, 0.25) is 0 Å². The predicted molar refractivity (Wildman–Crippen MR) is 349 cm³/mol. The number of unbranched alkanes of at least 4 members (excludes halogenated alkanes) is 36. The Morgan fingerprint density at radius 1 is 0.333 bits per heavy atom. The van der Waals surface area contributed by atoms with Gasteiger partial charge in [-0.3, -0.25) is 37.3 Å². The van der Waals surface area contributed by atoms with E-state index >= 15 is 0 Å². The molecule has 516 valence electrons. The first-order valence-corrected chi connectivity index (χ1v) is 38.5. The summed E-state index contributed by atoms with van der Waals surface area (Å²) in [6.45, 7) is 9.48. The largest absolute Gasteiger partial charge is 0.472 e. The number of rotatable bonds is 67. The van der Waals surface area contributed by atoms with Gasteiger partial charge in [0.05, 0.1) is 26.4 Å². The number of esters is 4. The van der Waals surface area contributed by atoms with Crippen molar-refractivity contribution in [3.05, 3.63) is 0 Å². The molecule has 0 rings (SSSR count). The highest BCUT2D eigenvalue weighted by atomic mass is 31.2. The molecule has 0 aliphatic carbocycles. The molecule has 0 aromatic rings. The summed E-state index contributed by atoms with van der Waals surface area (Å²) < 4.78 is 68.1. The number of hydrogen-bond donors (Lipinski definition) is 3. The molecule has 3 unspecified atom stereocenters. The highest BCUT2D eigenvalue weighted by molar-refractivity contribution is 7.47. The highest BCUT2D eigenvalue weighted by Gasteiger charge is 2.30. The van der Waals surface area contributed by atoms with Gasteiger partial charge in [0.25, 0.3) is 0 Å². The number of carbonyl (C=O) groups is 4. The van der Waals surface area contributed by atoms with Crippen molar-refractivity contribution in [2.45, 2.75) is 362 Å². The van der Waals surface area contributed by atoms with Gasteiger partial charge in [0, 0.05) is 25.7 Å². The second-order valence-electron chi connectivity index (χ2n) is 25.3. The number of phosphoric ester groups is 2. The number of aliphatic hydroxyl groups excluding tert-OH is 1. The molecular weight excluding hydrogens is 1150 g/mol. The zero-order valence-corrected chi connectivity index (χ0v) is 58.1. The van der Waals surface area contributed by atoms with Crippen LogP contribution in [0.25, 0.3) is 0 Å². The number of carbonyl (C=O) groups excluding carboxylic acids is 4. The first-order chi connectivity index (χ1) is 41.9. The van der Waals surface area contributed by atoms with Crippen molar-refractivity contribution in [1.29, 1.82) is 0 Å². The Kier molecular flexibility index (Phi) is 59.0. The third-order valence-electron chi connectivity index (χ3n) is 16.1. The second-order valence-corrected chi connectivity index (χ2v) is 28.2. The standard InChI is InChI=1S/C68H132O17P2/c1-7-10-12-14-16-18-19-24-28-32-39-45-51-66(71)79-56-63(84-67(72)52-46-40-33-29-25-22-20-21-23-27-30-36-42-48-60(4)5)58-82-86(74,75)80-54-62(69)55-81-87(76,77)83-59-64(57-78-65(70)50-44-38-31-26-17-15-13-11-8-2)85-68(73)53-47-41-35-34-37-43-49-61(6)9-3/h60-64,69H,7-59H2,1-6H3,(H,74,75)(H,76,77)/t61?,62-,63-,64-/m1/s1. The average molecular weight is 1280 g/mol. The van der Waals surface area contributed by atoms with E-state index in [1.54, 1.807) is 0 Å². The molecular formula is C68H132O17P2. The molecule has 0 saturated carbocycles. The molecule has 0 aromatic carbocycles. The maximum Gasteiger partial charge on any atom is 0.472 e. The van der Waals surface area contributed by atoms with Crippen molar-refractivity contribution in [2.24, 2.45) is 11.8 Å². The van der Waals surface area contributed by atoms with Crippen molar-refractivity contribution >= 4 is 39.5 Å². The summed E-state index contributed by atoms with van der Waals surface area (Å²) in [4.78, 5) is 72.4. The minimum atomic E-state index is -4.95. The van der Waals surface area contributed by atoms with Crippen molar-refractivity contribution < 1.29 is 80.2 Å². The average Bonchev–Trinajstić information content (AvgIpc) is 3.71. The molecule has 6 atom stereocenters. The Morgan fingerprint density at radius 2 is 0.586 bits per heavy atom. The van der Waals surface area contributed by atoms with Gasteiger partial charge in [-0.25, -0.2) is 9.13 Å². The maximum absolute atomic E-state index is 13.0. The normalized spacial score (nSPS) is 14.5. The van der Waals surface area contributed by atoms with E-state index < -0.39 is 97.5 Å². The molecule has 0 radical (unpaired) electrons. The van der Waals surface area contributed by atoms with Gasteiger partial charge in [0.15, 0.2) is 12.2 Å². The third-order valence-corrected chi connectivity index (χ3v) is 18.0. The summed E-state index contributed by atoms with van der Waals surface area (Å²) in [5, 5.41) is 10.6. The van der Waals surface area contributed by atoms with Crippen molar-refractivity contribution in [2.75, 3.05) is 39.6 Å². The van der Waals surface area contributed by atoms with Crippen LogP contribution in [0.15, 0.2) is 0 Å². The van der Waals surface area contributed by atoms with E-state index in [0.29, 0.717) is 25.7 Å². The summed E-state index contributed by atoms with van der Waals surface area (Å²) in [7, 11) is -9.89. The lowest BCUT2D eigenvalue weighted by Crippen LogP contribution is -2.30. The molecule has 0 amide bonds. The number of ether oxygens (including phenoxy) is 4. The van der Waals surface area contributed by atoms with Gasteiger partial charge in [0.2, 0.25) is 0 Å². The Morgan fingerprint density at radius 3 is 0.874 bits per heavy atom. The Balaban J connectivity index is 5.23. The number of phosphoric acid groups is 2. The summed E-state index contributed by atoms with van der Waals surface area (Å²) in [5.41, 5.74) is 0. The summed E-state index contributed by atoms with van der Waals surface area (Å²) in [5.74, 6) is -0.623. The Labute approximate surface area is 530 Å². The molecule has 0 aliphatic rings. The minimum Gasteiger partial charge on any atom is -0.462 e. The fourth-order valence-electron chi connectivity index (χ4n) is 10.2. The third kappa shape index (κ3) is 61.3. The van der Waals surface area contributed by atoms with Crippen molar-refractivity contribution in [3.8, 4) is 0 Å². The lowest BCUT2D eigenvalue weighted by molar-refractivity contribution is -0.161. The summed E-state index contributed by atoms with van der Waals surface area (Å²) in [6, 6.07) is 0. The zero-order chi connectivity index (χ0) is 64.3. The van der Waals surface area contributed by atoms with Crippen LogP contribution in [-0.4, -0.2) is 96.7 Å². The number of aliphatic hydroxyl groups is 1. The van der Waals surface area contributed by atoms with Crippen LogP contribution >= 0.6 is 15.6 Å². The Hall–Kier alpha value is -1.94. The summed E-state index contributed by atoms with van der Waals surface area (Å²) >= 11 is 0. The first-order valence-electron chi connectivity index (χ1n) is 35.5. The van der Waals surface area contributed by atoms with E-state index in [-0.39, 0.29) is 25.7 Å². The quantitative estimate of drug-likeness (QED) is 0.0222. The smallest absolute Gasteiger partial charge is 0.462 e. The topological polar surface area (TPSA) is 237 Å². The van der Waals surface area contributed by atoms with Gasteiger partial charge in [-0.15, -0.1) is 0 Å². The van der Waals surface area contributed by atoms with Crippen LogP contribution in [0.4, 0.5) is 0 Å². The van der Waals surface area contributed by atoms with Crippen molar-refractivity contribution in [3.63, 3.8) is 0 Å². The second kappa shape index (κ2) is 60.3. The molecule has 0 heterocycles. The molecule has 19 heteroatoms. The molecule has 0 bridgehead atoms. The SMILES string of the molecule is CCCCCCCCCCCCCCC(=O)OC[C@H](COP(=O)(O)OC[C@@H](O)COP(=O)(O)OC[C@@H](COC(=O)CCCCCCCCCCC)OC(=O)CCCCCCCCC(C)CC)OC(=O)CCCCCCCCCCCCCCCC(C)C. The van der Waals surface area contributed by atoms with Gasteiger partial charge in [-0.05, 0) is 37.5 Å². The van der Waals surface area contributed by atoms with Crippen molar-refractivity contribution in [1.82, 2.24) is 0 Å². The molecule has 17 nitrogen and oxygen atoms in total. The fraction of sp³-hybridized carbons (Fsp3) is 0.941. The molecule has 0 saturated heterocycles. The molecule has 0 spiro atoms. The van der Waals surface area contributed by atoms with Crippen LogP contribution in [0.5, 0.6) is 0 Å². The van der Waals surface area contributed by atoms with Crippen LogP contribution in [0, 0.1) is 11.8 Å². The molecule has 3 N–H and O–H groups in total. The van der Waals surface area contributed by atoms with Gasteiger partial charge >= 0.3 is 39.5 Å². The van der Waals surface area contributed by atoms with E-state index in [2.05, 4.69) is 41.5 Å². The monoisotopic (exact) mass is 1280 g/mol. The molecule has 0 aliphatic heterocycles. The van der Waals surface area contributed by atoms with Crippen LogP contribution in [0.3, 0.4) is 0 Å². The summed E-state index contributed by atoms with van der Waals surface area (Å²) in [6.07, 6.45) is 44.4. The Bertz CT molecular complexity index is 1700. The number of hydrogen-bond acceptors (Lipinski definition) is 15. The fourth-order valence-corrected chi connectivity index (χ4v) is 11.8. The lowest BCUT2D eigenvalue weighted by Gasteiger charge is -2.21.